The maximum Gasteiger partial charge on any atom is 0.123 e. The Kier molecular flexibility index (Phi) is 5.06. The van der Waals surface area contributed by atoms with Crippen LogP contribution in [0.5, 0.6) is 0 Å². The van der Waals surface area contributed by atoms with Crippen molar-refractivity contribution in [2.45, 2.75) is 44.9 Å². The first-order valence-electron chi connectivity index (χ1n) is 5.52. The minimum atomic E-state index is 0.230. The average molecular weight is 183 g/mol. The van der Waals surface area contributed by atoms with Gasteiger partial charge in [-0.3, -0.25) is 0 Å². The van der Waals surface area contributed by atoms with Gasteiger partial charge >= 0.3 is 0 Å². The third kappa shape index (κ3) is 3.90. The number of nitrogens with two attached hydrogens (primary N) is 1. The lowest BCUT2D eigenvalue weighted by atomic mass is 9.82. The Morgan fingerprint density at radius 2 is 2.00 bits per heavy atom. The number of hydrogen-bond acceptors (Lipinski definition) is 2. The van der Waals surface area contributed by atoms with Crippen LogP contribution < -0.4 is 5.73 Å². The molecule has 2 heteroatoms. The van der Waals surface area contributed by atoms with Crippen LogP contribution in [0.25, 0.3) is 0 Å². The van der Waals surface area contributed by atoms with Gasteiger partial charge in [-0.05, 0) is 25.3 Å². The quantitative estimate of drug-likeness (QED) is 0.663. The second kappa shape index (κ2) is 6.14. The zero-order chi connectivity index (χ0) is 9.52. The van der Waals surface area contributed by atoms with Crippen molar-refractivity contribution in [2.75, 3.05) is 6.54 Å². The summed E-state index contributed by atoms with van der Waals surface area (Å²) in [5.74, 6) is 1.03. The molecule has 1 unspecified atom stereocenters. The van der Waals surface area contributed by atoms with Gasteiger partial charge in [-0.15, -0.1) is 0 Å². The molecule has 0 aromatic rings. The fraction of sp³-hybridized carbons (Fsp3) is 0.909. The third-order valence-corrected chi connectivity index (χ3v) is 3.09. The summed E-state index contributed by atoms with van der Waals surface area (Å²) in [5.41, 5.74) is 5.45. The Morgan fingerprint density at radius 1 is 1.31 bits per heavy atom. The highest BCUT2D eigenvalue weighted by atomic mass is 16.1. The number of hydrogen-bond donors (Lipinski definition) is 1. The lowest BCUT2D eigenvalue weighted by Crippen LogP contribution is -2.16. The van der Waals surface area contributed by atoms with E-state index < -0.39 is 0 Å². The molecule has 0 saturated heterocycles. The van der Waals surface area contributed by atoms with Crippen molar-refractivity contribution in [3.05, 3.63) is 0 Å². The summed E-state index contributed by atoms with van der Waals surface area (Å²) in [7, 11) is 0. The van der Waals surface area contributed by atoms with Crippen molar-refractivity contribution in [3.63, 3.8) is 0 Å². The van der Waals surface area contributed by atoms with E-state index in [0.29, 0.717) is 6.54 Å². The topological polar surface area (TPSA) is 43.1 Å². The molecule has 1 fully saturated rings. The molecule has 1 aliphatic rings. The van der Waals surface area contributed by atoms with Gasteiger partial charge in [-0.25, -0.2) is 0 Å². The number of carbonyl (C=O) groups excluding carboxylic acids is 1. The van der Waals surface area contributed by atoms with Gasteiger partial charge in [0.15, 0.2) is 0 Å². The van der Waals surface area contributed by atoms with Gasteiger partial charge in [0.25, 0.3) is 0 Å². The standard InChI is InChI=1S/C11H21NO/c12-7-6-11(9-13)8-10-4-2-1-3-5-10/h9-11H,1-8,12H2. The second-order valence-corrected chi connectivity index (χ2v) is 4.21. The van der Waals surface area contributed by atoms with E-state index >= 15 is 0 Å². The number of carbonyl (C=O) groups is 1. The van der Waals surface area contributed by atoms with Crippen molar-refractivity contribution >= 4 is 6.29 Å². The largest absolute Gasteiger partial charge is 0.330 e. The molecule has 0 radical (unpaired) electrons. The van der Waals surface area contributed by atoms with Crippen molar-refractivity contribution in [1.29, 1.82) is 0 Å². The summed E-state index contributed by atoms with van der Waals surface area (Å²) >= 11 is 0. The molecule has 0 spiro atoms. The van der Waals surface area contributed by atoms with Gasteiger partial charge in [-0.1, -0.05) is 32.1 Å². The molecule has 0 aromatic carbocycles. The van der Waals surface area contributed by atoms with Gasteiger partial charge in [0, 0.05) is 5.92 Å². The smallest absolute Gasteiger partial charge is 0.123 e. The van der Waals surface area contributed by atoms with Crippen LogP contribution in [0.4, 0.5) is 0 Å². The fourth-order valence-electron chi connectivity index (χ4n) is 2.31. The lowest BCUT2D eigenvalue weighted by Gasteiger charge is -2.23. The van der Waals surface area contributed by atoms with E-state index in [1.54, 1.807) is 0 Å². The maximum absolute atomic E-state index is 10.7. The minimum absolute atomic E-state index is 0.230. The van der Waals surface area contributed by atoms with E-state index in [9.17, 15) is 4.79 Å². The predicted octanol–water partition coefficient (Wildman–Crippen LogP) is 2.12. The minimum Gasteiger partial charge on any atom is -0.330 e. The van der Waals surface area contributed by atoms with Crippen LogP contribution in [-0.2, 0) is 4.79 Å². The normalized spacial score (nSPS) is 21.3. The third-order valence-electron chi connectivity index (χ3n) is 3.09. The van der Waals surface area contributed by atoms with E-state index in [4.69, 9.17) is 5.73 Å². The zero-order valence-corrected chi connectivity index (χ0v) is 8.37. The van der Waals surface area contributed by atoms with E-state index in [1.165, 1.54) is 32.1 Å². The van der Waals surface area contributed by atoms with Crippen molar-refractivity contribution in [2.24, 2.45) is 17.6 Å². The molecule has 0 aromatic heterocycles. The summed E-state index contributed by atoms with van der Waals surface area (Å²) in [4.78, 5) is 10.7. The molecule has 0 bridgehead atoms. The molecule has 1 saturated carbocycles. The highest BCUT2D eigenvalue weighted by Crippen LogP contribution is 2.29. The van der Waals surface area contributed by atoms with Crippen LogP contribution in [0.15, 0.2) is 0 Å². The molecule has 0 heterocycles. The Morgan fingerprint density at radius 3 is 2.54 bits per heavy atom. The van der Waals surface area contributed by atoms with Gasteiger partial charge in [0.1, 0.15) is 6.29 Å². The molecule has 1 atom stereocenters. The molecular formula is C11H21NO. The van der Waals surface area contributed by atoms with Gasteiger partial charge in [0.2, 0.25) is 0 Å². The van der Waals surface area contributed by atoms with Gasteiger partial charge < -0.3 is 10.5 Å². The molecule has 13 heavy (non-hydrogen) atoms. The first kappa shape index (κ1) is 10.7. The Labute approximate surface area is 80.9 Å². The van der Waals surface area contributed by atoms with E-state index in [0.717, 1.165) is 25.0 Å². The predicted molar refractivity (Wildman–Crippen MR) is 54.4 cm³/mol. The van der Waals surface area contributed by atoms with Crippen molar-refractivity contribution in [1.82, 2.24) is 0 Å². The summed E-state index contributed by atoms with van der Waals surface area (Å²) in [6.45, 7) is 0.649. The first-order chi connectivity index (χ1) is 6.36. The summed E-state index contributed by atoms with van der Waals surface area (Å²) in [6.07, 6.45) is 9.82. The fourth-order valence-corrected chi connectivity index (χ4v) is 2.31. The molecular weight excluding hydrogens is 162 g/mol. The maximum atomic E-state index is 10.7. The van der Waals surface area contributed by atoms with Crippen LogP contribution in [0.2, 0.25) is 0 Å². The Balaban J connectivity index is 2.22. The summed E-state index contributed by atoms with van der Waals surface area (Å²) < 4.78 is 0. The van der Waals surface area contributed by atoms with Crippen molar-refractivity contribution in [3.8, 4) is 0 Å². The van der Waals surface area contributed by atoms with Crippen LogP contribution >= 0.6 is 0 Å². The van der Waals surface area contributed by atoms with E-state index in [2.05, 4.69) is 0 Å². The van der Waals surface area contributed by atoms with E-state index in [1.807, 2.05) is 0 Å². The van der Waals surface area contributed by atoms with Crippen molar-refractivity contribution < 1.29 is 4.79 Å². The highest BCUT2D eigenvalue weighted by molar-refractivity contribution is 5.53. The monoisotopic (exact) mass is 183 g/mol. The van der Waals surface area contributed by atoms with Gasteiger partial charge in [0.05, 0.1) is 0 Å². The Bertz CT molecular complexity index is 141. The summed E-state index contributed by atoms with van der Waals surface area (Å²) in [6, 6.07) is 0. The SMILES string of the molecule is NCCC(C=O)CC1CCCCC1. The highest BCUT2D eigenvalue weighted by Gasteiger charge is 2.17. The molecule has 0 amide bonds. The number of aldehydes is 1. The molecule has 1 rings (SSSR count). The van der Waals surface area contributed by atoms with Crippen LogP contribution in [0.1, 0.15) is 44.9 Å². The molecule has 1 aliphatic carbocycles. The Hall–Kier alpha value is -0.370. The second-order valence-electron chi connectivity index (χ2n) is 4.21. The summed E-state index contributed by atoms with van der Waals surface area (Å²) in [5, 5.41) is 0. The zero-order valence-electron chi connectivity index (χ0n) is 8.37. The number of rotatable bonds is 5. The average Bonchev–Trinajstić information content (AvgIpc) is 2.19. The van der Waals surface area contributed by atoms with Crippen LogP contribution in [0, 0.1) is 11.8 Å². The first-order valence-corrected chi connectivity index (χ1v) is 5.52. The van der Waals surface area contributed by atoms with Crippen LogP contribution in [0.3, 0.4) is 0 Å². The molecule has 76 valence electrons. The molecule has 0 aliphatic heterocycles. The molecule has 2 nitrogen and oxygen atoms in total. The van der Waals surface area contributed by atoms with E-state index in [-0.39, 0.29) is 5.92 Å². The molecule has 2 N–H and O–H groups in total. The van der Waals surface area contributed by atoms with Crippen LogP contribution in [-0.4, -0.2) is 12.8 Å². The lowest BCUT2D eigenvalue weighted by molar-refractivity contribution is -0.111. The van der Waals surface area contributed by atoms with Gasteiger partial charge in [-0.2, -0.15) is 0 Å².